The molecule has 0 aromatic heterocycles. The SMILES string of the molecule is COCCNC(=O)c1ccc(C(C)(C)C)cc1C. The predicted octanol–water partition coefficient (Wildman–Crippen LogP) is 2.67. The second kappa shape index (κ2) is 6.01. The van der Waals surface area contributed by atoms with Crippen molar-refractivity contribution in [1.82, 2.24) is 5.32 Å². The summed E-state index contributed by atoms with van der Waals surface area (Å²) < 4.78 is 4.91. The number of hydrogen-bond acceptors (Lipinski definition) is 2. The van der Waals surface area contributed by atoms with Crippen molar-refractivity contribution in [2.45, 2.75) is 33.1 Å². The lowest BCUT2D eigenvalue weighted by Gasteiger charge is -2.20. The van der Waals surface area contributed by atoms with Crippen LogP contribution >= 0.6 is 0 Å². The fraction of sp³-hybridized carbons (Fsp3) is 0.533. The number of benzene rings is 1. The van der Waals surface area contributed by atoms with E-state index in [1.165, 1.54) is 5.56 Å². The number of aryl methyl sites for hydroxylation is 1. The largest absolute Gasteiger partial charge is 0.383 e. The standard InChI is InChI=1S/C15H23NO2/c1-11-10-12(15(2,3)4)6-7-13(11)14(17)16-8-9-18-5/h6-7,10H,8-9H2,1-5H3,(H,16,17). The summed E-state index contributed by atoms with van der Waals surface area (Å²) in [6.45, 7) is 9.54. The van der Waals surface area contributed by atoms with Gasteiger partial charge in [-0.15, -0.1) is 0 Å². The molecule has 3 heteroatoms. The summed E-state index contributed by atoms with van der Waals surface area (Å²) in [6, 6.07) is 6.02. The van der Waals surface area contributed by atoms with Crippen LogP contribution in [0.1, 0.15) is 42.3 Å². The van der Waals surface area contributed by atoms with Gasteiger partial charge in [-0.1, -0.05) is 32.9 Å². The fourth-order valence-electron chi connectivity index (χ4n) is 1.75. The number of rotatable bonds is 4. The minimum absolute atomic E-state index is 0.0370. The molecule has 0 saturated carbocycles. The third kappa shape index (κ3) is 3.84. The maximum Gasteiger partial charge on any atom is 0.251 e. The molecule has 3 nitrogen and oxygen atoms in total. The van der Waals surface area contributed by atoms with E-state index >= 15 is 0 Å². The van der Waals surface area contributed by atoms with Crippen molar-refractivity contribution in [3.05, 3.63) is 34.9 Å². The molecule has 1 amide bonds. The minimum atomic E-state index is -0.0370. The van der Waals surface area contributed by atoms with E-state index in [1.807, 2.05) is 19.1 Å². The summed E-state index contributed by atoms with van der Waals surface area (Å²) in [7, 11) is 1.62. The van der Waals surface area contributed by atoms with Gasteiger partial charge in [-0.05, 0) is 29.5 Å². The lowest BCUT2D eigenvalue weighted by Crippen LogP contribution is -2.27. The van der Waals surface area contributed by atoms with Gasteiger partial charge in [0.15, 0.2) is 0 Å². The average Bonchev–Trinajstić information content (AvgIpc) is 2.27. The molecule has 0 bridgehead atoms. The van der Waals surface area contributed by atoms with E-state index in [0.29, 0.717) is 13.2 Å². The highest BCUT2D eigenvalue weighted by Crippen LogP contribution is 2.24. The zero-order valence-corrected chi connectivity index (χ0v) is 12.0. The van der Waals surface area contributed by atoms with Crippen molar-refractivity contribution < 1.29 is 9.53 Å². The lowest BCUT2D eigenvalue weighted by atomic mass is 9.85. The van der Waals surface area contributed by atoms with E-state index < -0.39 is 0 Å². The number of methoxy groups -OCH3 is 1. The second-order valence-corrected chi connectivity index (χ2v) is 5.53. The van der Waals surface area contributed by atoms with Crippen LogP contribution in [-0.4, -0.2) is 26.2 Å². The number of ether oxygens (including phenoxy) is 1. The van der Waals surface area contributed by atoms with Crippen LogP contribution < -0.4 is 5.32 Å². The number of amides is 1. The molecule has 0 aliphatic carbocycles. The molecule has 0 aliphatic heterocycles. The molecule has 0 aliphatic rings. The van der Waals surface area contributed by atoms with Gasteiger partial charge in [0, 0.05) is 19.2 Å². The topological polar surface area (TPSA) is 38.3 Å². The number of carbonyl (C=O) groups is 1. The first-order valence-electron chi connectivity index (χ1n) is 6.24. The van der Waals surface area contributed by atoms with Crippen LogP contribution in [0.2, 0.25) is 0 Å². The average molecular weight is 249 g/mol. The normalized spacial score (nSPS) is 11.4. The second-order valence-electron chi connectivity index (χ2n) is 5.53. The van der Waals surface area contributed by atoms with Crippen molar-refractivity contribution in [3.8, 4) is 0 Å². The van der Waals surface area contributed by atoms with Gasteiger partial charge in [-0.3, -0.25) is 4.79 Å². The van der Waals surface area contributed by atoms with E-state index in [9.17, 15) is 4.79 Å². The van der Waals surface area contributed by atoms with Crippen molar-refractivity contribution in [3.63, 3.8) is 0 Å². The lowest BCUT2D eigenvalue weighted by molar-refractivity contribution is 0.0936. The van der Waals surface area contributed by atoms with Crippen LogP contribution in [0.4, 0.5) is 0 Å². The Morgan fingerprint density at radius 2 is 2.00 bits per heavy atom. The molecular weight excluding hydrogens is 226 g/mol. The zero-order chi connectivity index (χ0) is 13.8. The van der Waals surface area contributed by atoms with Crippen LogP contribution in [0.3, 0.4) is 0 Å². The Morgan fingerprint density at radius 1 is 1.33 bits per heavy atom. The first kappa shape index (κ1) is 14.7. The van der Waals surface area contributed by atoms with Gasteiger partial charge in [-0.25, -0.2) is 0 Å². The minimum Gasteiger partial charge on any atom is -0.383 e. The number of hydrogen-bond donors (Lipinski definition) is 1. The summed E-state index contributed by atoms with van der Waals surface area (Å²) >= 11 is 0. The van der Waals surface area contributed by atoms with Gasteiger partial charge >= 0.3 is 0 Å². The molecule has 1 aromatic rings. The summed E-state index contributed by atoms with van der Waals surface area (Å²) in [5.74, 6) is -0.0370. The van der Waals surface area contributed by atoms with Gasteiger partial charge in [0.2, 0.25) is 0 Å². The Hall–Kier alpha value is -1.35. The van der Waals surface area contributed by atoms with Gasteiger partial charge in [0.1, 0.15) is 0 Å². The molecule has 0 radical (unpaired) electrons. The zero-order valence-electron chi connectivity index (χ0n) is 12.0. The Bertz CT molecular complexity index is 419. The molecule has 0 heterocycles. The molecule has 0 saturated heterocycles. The van der Waals surface area contributed by atoms with E-state index in [2.05, 4.69) is 32.2 Å². The highest BCUT2D eigenvalue weighted by atomic mass is 16.5. The first-order valence-corrected chi connectivity index (χ1v) is 6.24. The van der Waals surface area contributed by atoms with Crippen LogP contribution in [0, 0.1) is 6.92 Å². The van der Waals surface area contributed by atoms with Crippen molar-refractivity contribution >= 4 is 5.91 Å². The number of carbonyl (C=O) groups excluding carboxylic acids is 1. The highest BCUT2D eigenvalue weighted by Gasteiger charge is 2.16. The van der Waals surface area contributed by atoms with Crippen molar-refractivity contribution in [2.75, 3.05) is 20.3 Å². The molecule has 0 atom stereocenters. The van der Waals surface area contributed by atoms with E-state index in [1.54, 1.807) is 7.11 Å². The van der Waals surface area contributed by atoms with E-state index in [0.717, 1.165) is 11.1 Å². The van der Waals surface area contributed by atoms with Gasteiger partial charge in [0.25, 0.3) is 5.91 Å². The van der Waals surface area contributed by atoms with Gasteiger partial charge in [-0.2, -0.15) is 0 Å². The Labute approximate surface area is 110 Å². The van der Waals surface area contributed by atoms with Gasteiger partial charge < -0.3 is 10.1 Å². The highest BCUT2D eigenvalue weighted by molar-refractivity contribution is 5.95. The third-order valence-electron chi connectivity index (χ3n) is 2.93. The van der Waals surface area contributed by atoms with Gasteiger partial charge in [0.05, 0.1) is 6.61 Å². The molecule has 1 aromatic carbocycles. The summed E-state index contributed by atoms with van der Waals surface area (Å²) in [5, 5.41) is 2.83. The van der Waals surface area contributed by atoms with Crippen LogP contribution in [0.25, 0.3) is 0 Å². The molecule has 1 N–H and O–H groups in total. The van der Waals surface area contributed by atoms with E-state index in [4.69, 9.17) is 4.74 Å². The maximum atomic E-state index is 11.9. The molecule has 18 heavy (non-hydrogen) atoms. The monoisotopic (exact) mass is 249 g/mol. The molecular formula is C15H23NO2. The maximum absolute atomic E-state index is 11.9. The Balaban J connectivity index is 2.82. The Morgan fingerprint density at radius 3 is 2.50 bits per heavy atom. The van der Waals surface area contributed by atoms with Crippen molar-refractivity contribution in [1.29, 1.82) is 0 Å². The molecule has 0 spiro atoms. The quantitative estimate of drug-likeness (QED) is 0.833. The summed E-state index contributed by atoms with van der Waals surface area (Å²) in [5.41, 5.74) is 3.10. The summed E-state index contributed by atoms with van der Waals surface area (Å²) in [4.78, 5) is 11.9. The molecule has 0 unspecified atom stereocenters. The smallest absolute Gasteiger partial charge is 0.251 e. The molecule has 100 valence electrons. The fourth-order valence-corrected chi connectivity index (χ4v) is 1.75. The predicted molar refractivity (Wildman–Crippen MR) is 74.1 cm³/mol. The first-order chi connectivity index (χ1) is 8.36. The molecule has 1 rings (SSSR count). The molecule has 0 fully saturated rings. The van der Waals surface area contributed by atoms with E-state index in [-0.39, 0.29) is 11.3 Å². The summed E-state index contributed by atoms with van der Waals surface area (Å²) in [6.07, 6.45) is 0. The van der Waals surface area contributed by atoms with Crippen LogP contribution in [0.15, 0.2) is 18.2 Å². The third-order valence-corrected chi connectivity index (χ3v) is 2.93. The number of nitrogens with one attached hydrogen (secondary N) is 1. The van der Waals surface area contributed by atoms with Crippen molar-refractivity contribution in [2.24, 2.45) is 0 Å². The Kier molecular flexibility index (Phi) is 4.91. The van der Waals surface area contributed by atoms with Crippen LogP contribution in [0.5, 0.6) is 0 Å². The van der Waals surface area contributed by atoms with Crippen LogP contribution in [-0.2, 0) is 10.2 Å².